The molecule has 0 amide bonds. The molecule has 3 N–H and O–H groups in total. The third-order valence-electron chi connectivity index (χ3n) is 3.92. The maximum absolute atomic E-state index is 12.5. The van der Waals surface area contributed by atoms with E-state index in [-0.39, 0.29) is 0 Å². The molecule has 146 valence electrons. The van der Waals surface area contributed by atoms with Gasteiger partial charge in [-0.25, -0.2) is 4.79 Å². The Morgan fingerprint density at radius 2 is 1.54 bits per heavy atom. The zero-order chi connectivity index (χ0) is 23.5. The third-order valence-corrected chi connectivity index (χ3v) is 3.92. The van der Waals surface area contributed by atoms with E-state index < -0.39 is 86.1 Å². The van der Waals surface area contributed by atoms with Crippen molar-refractivity contribution < 1.29 is 59.0 Å². The fourth-order valence-corrected chi connectivity index (χ4v) is 2.62. The van der Waals surface area contributed by atoms with Crippen molar-refractivity contribution >= 4 is 29.3 Å². The van der Waals surface area contributed by atoms with Gasteiger partial charge in [0.05, 0.1) is 7.11 Å². The number of hydrogen-bond donors (Lipinski definition) is 3. The topological polar surface area (TPSA) is 174 Å². The van der Waals surface area contributed by atoms with Crippen molar-refractivity contribution in [3.8, 4) is 0 Å². The number of aliphatic hydroxyl groups is 3. The van der Waals surface area contributed by atoms with Gasteiger partial charge in [0.2, 0.25) is 11.2 Å². The van der Waals surface area contributed by atoms with Gasteiger partial charge in [-0.15, -0.1) is 0 Å². The maximum Gasteiger partial charge on any atom is 0.339 e. The molecule has 0 aliphatic carbocycles. The molecule has 0 spiro atoms. The highest BCUT2D eigenvalue weighted by Gasteiger charge is 2.79. The summed E-state index contributed by atoms with van der Waals surface area (Å²) >= 11 is 0. The number of hydrogen-bond acceptors (Lipinski definition) is 11. The molecule has 5 atom stereocenters. The zero-order valence-corrected chi connectivity index (χ0v) is 13.6. The Morgan fingerprint density at radius 1 is 0.962 bits per heavy atom. The Bertz CT molecular complexity index is 746. The first-order valence-electron chi connectivity index (χ1n) is 9.59. The van der Waals surface area contributed by atoms with E-state index in [0.717, 1.165) is 7.11 Å². The minimum Gasteiger partial charge on any atom is -0.467 e. The quantitative estimate of drug-likeness (QED) is 0.427. The zero-order valence-electron chi connectivity index (χ0n) is 17.6. The summed E-state index contributed by atoms with van der Waals surface area (Å²) in [6, 6.07) is 0. The van der Waals surface area contributed by atoms with E-state index in [2.05, 4.69) is 9.47 Å². The fraction of sp³-hybridized carbons (Fsp3) is 0.667. The summed E-state index contributed by atoms with van der Waals surface area (Å²) < 4.78 is 42.4. The molecule has 1 aliphatic heterocycles. The Balaban J connectivity index is 4.03. The predicted molar refractivity (Wildman–Crippen MR) is 79.3 cm³/mol. The Hall–Kier alpha value is -2.21. The van der Waals surface area contributed by atoms with Crippen LogP contribution in [0.3, 0.4) is 0 Å². The van der Waals surface area contributed by atoms with E-state index in [4.69, 9.17) is 10.2 Å². The molecule has 26 heavy (non-hydrogen) atoms. The average molecular weight is 380 g/mol. The van der Waals surface area contributed by atoms with Crippen LogP contribution >= 0.6 is 0 Å². The van der Waals surface area contributed by atoms with E-state index in [1.807, 2.05) is 0 Å². The van der Waals surface area contributed by atoms with Gasteiger partial charge in [-0.1, -0.05) is 0 Å². The van der Waals surface area contributed by atoms with Crippen LogP contribution in [0.1, 0.15) is 33.1 Å². The molecule has 0 aromatic heterocycles. The lowest BCUT2D eigenvalue weighted by Gasteiger charge is -2.55. The molecule has 0 aromatic carbocycles. The lowest BCUT2D eigenvalue weighted by atomic mass is 9.64. The van der Waals surface area contributed by atoms with E-state index in [0.29, 0.717) is 0 Å². The molecule has 0 radical (unpaired) electrons. The largest absolute Gasteiger partial charge is 0.467 e. The van der Waals surface area contributed by atoms with Gasteiger partial charge in [0.25, 0.3) is 5.79 Å². The van der Waals surface area contributed by atoms with Gasteiger partial charge in [0, 0.05) is 19.3 Å². The standard InChI is InChI=1S/C15H20O11/c1-6(16)13(21)11(25-9(4)19)10(12(20)24-5)26-15(23,8(3)18)14(13,22)7(2)17/h10-11,21-23H,1-5H3/t10-,11+,13-,14+,15?/m0/s1/i1D,2D,3D,4D. The molecule has 0 saturated carbocycles. The lowest BCUT2D eigenvalue weighted by Crippen LogP contribution is -2.86. The second-order valence-electron chi connectivity index (χ2n) is 5.36. The number of carbonyl (C=O) groups excluding carboxylic acids is 5. The van der Waals surface area contributed by atoms with Crippen LogP contribution in [0.2, 0.25) is 0 Å². The van der Waals surface area contributed by atoms with Crippen LogP contribution in [-0.4, -0.2) is 80.9 Å². The van der Waals surface area contributed by atoms with Crippen LogP contribution in [0.4, 0.5) is 0 Å². The van der Waals surface area contributed by atoms with Crippen molar-refractivity contribution in [2.75, 3.05) is 7.11 Å². The molecule has 1 fully saturated rings. The Labute approximate surface area is 153 Å². The number of carbonyl (C=O) groups is 5. The summed E-state index contributed by atoms with van der Waals surface area (Å²) in [7, 11) is 0.765. The van der Waals surface area contributed by atoms with Crippen molar-refractivity contribution in [3.05, 3.63) is 0 Å². The van der Waals surface area contributed by atoms with Crippen LogP contribution < -0.4 is 0 Å². The van der Waals surface area contributed by atoms with Crippen LogP contribution in [-0.2, 0) is 38.2 Å². The van der Waals surface area contributed by atoms with Gasteiger partial charge in [0.15, 0.2) is 29.6 Å². The van der Waals surface area contributed by atoms with Crippen molar-refractivity contribution in [2.24, 2.45) is 0 Å². The minimum absolute atomic E-state index is 0.765. The summed E-state index contributed by atoms with van der Waals surface area (Å²) in [5.41, 5.74) is -7.93. The van der Waals surface area contributed by atoms with Gasteiger partial charge in [-0.3, -0.25) is 19.2 Å². The first-order chi connectivity index (χ1) is 13.9. The molecule has 1 rings (SSSR count). The number of ketones is 3. The van der Waals surface area contributed by atoms with E-state index in [1.165, 1.54) is 0 Å². The van der Waals surface area contributed by atoms with Crippen LogP contribution in [0.15, 0.2) is 0 Å². The van der Waals surface area contributed by atoms with Crippen molar-refractivity contribution in [3.63, 3.8) is 0 Å². The van der Waals surface area contributed by atoms with E-state index in [1.54, 1.807) is 0 Å². The van der Waals surface area contributed by atoms with E-state index >= 15 is 0 Å². The molecule has 11 nitrogen and oxygen atoms in total. The lowest BCUT2D eigenvalue weighted by molar-refractivity contribution is -0.368. The Morgan fingerprint density at radius 3 is 2.00 bits per heavy atom. The third kappa shape index (κ3) is 2.72. The van der Waals surface area contributed by atoms with Crippen LogP contribution in [0.5, 0.6) is 0 Å². The summed E-state index contributed by atoms with van der Waals surface area (Å²) in [6.07, 6.45) is -5.18. The van der Waals surface area contributed by atoms with Gasteiger partial charge >= 0.3 is 11.9 Å². The summed E-state index contributed by atoms with van der Waals surface area (Å²) in [5.74, 6) is -12.5. The number of esters is 2. The molecular formula is C15H20O11. The molecule has 1 heterocycles. The summed E-state index contributed by atoms with van der Waals surface area (Å²) in [6.45, 7) is -5.39. The first-order valence-corrected chi connectivity index (χ1v) is 6.76. The fourth-order valence-electron chi connectivity index (χ4n) is 2.62. The number of methoxy groups -OCH3 is 1. The summed E-state index contributed by atoms with van der Waals surface area (Å²) in [5, 5.41) is 32.9. The number of rotatable bonds is 5. The van der Waals surface area contributed by atoms with Gasteiger partial charge in [0.1, 0.15) is 0 Å². The highest BCUT2D eigenvalue weighted by Crippen LogP contribution is 2.46. The monoisotopic (exact) mass is 380 g/mol. The molecular weight excluding hydrogens is 356 g/mol. The van der Waals surface area contributed by atoms with Gasteiger partial charge in [-0.05, 0) is 13.8 Å². The smallest absolute Gasteiger partial charge is 0.339 e. The van der Waals surface area contributed by atoms with Crippen LogP contribution in [0.25, 0.3) is 0 Å². The normalized spacial score (nSPS) is 38.8. The van der Waals surface area contributed by atoms with Gasteiger partial charge < -0.3 is 29.5 Å². The average Bonchev–Trinajstić information content (AvgIpc) is 2.76. The predicted octanol–water partition coefficient (Wildman–Crippen LogP) is -2.59. The second-order valence-corrected chi connectivity index (χ2v) is 5.36. The van der Waals surface area contributed by atoms with Gasteiger partial charge in [-0.2, -0.15) is 0 Å². The van der Waals surface area contributed by atoms with Crippen molar-refractivity contribution in [1.82, 2.24) is 0 Å². The molecule has 0 bridgehead atoms. The first kappa shape index (κ1) is 16.0. The van der Waals surface area contributed by atoms with Crippen LogP contribution in [0, 0.1) is 0 Å². The second kappa shape index (κ2) is 6.83. The molecule has 1 saturated heterocycles. The highest BCUT2D eigenvalue weighted by atomic mass is 16.7. The minimum atomic E-state index is -4.06. The van der Waals surface area contributed by atoms with Crippen molar-refractivity contribution in [2.45, 2.75) is 56.8 Å². The number of ether oxygens (including phenoxy) is 3. The molecule has 0 aromatic rings. The highest BCUT2D eigenvalue weighted by molar-refractivity contribution is 6.05. The number of Topliss-reactive ketones (excluding diaryl/α,β-unsaturated/α-hetero) is 3. The Kier molecular flexibility index (Phi) is 4.21. The molecule has 1 aliphatic rings. The van der Waals surface area contributed by atoms with E-state index in [9.17, 15) is 39.3 Å². The maximum atomic E-state index is 12.5. The molecule has 1 unspecified atom stereocenters. The molecule has 11 heteroatoms. The summed E-state index contributed by atoms with van der Waals surface area (Å²) in [4.78, 5) is 61.1. The SMILES string of the molecule is [2H]CC(=O)O[C@@H]1[C@@H](C(=O)OC)OC(O)(C(=O)C[2H])[C@@](O)(C(=O)C[2H])[C@]1(O)C(=O)C[2H]. The van der Waals surface area contributed by atoms with Crippen molar-refractivity contribution in [1.29, 1.82) is 0 Å².